The van der Waals surface area contributed by atoms with Gasteiger partial charge in [0.05, 0.1) is 0 Å². The van der Waals surface area contributed by atoms with E-state index in [0.29, 0.717) is 11.5 Å². The van der Waals surface area contributed by atoms with Crippen molar-refractivity contribution in [2.75, 3.05) is 18.9 Å². The number of benzene rings is 1. The molecular formula is C13H17N5O. The molecule has 0 spiro atoms. The molecule has 0 unspecified atom stereocenters. The number of rotatable bonds is 5. The van der Waals surface area contributed by atoms with E-state index in [4.69, 9.17) is 0 Å². The molecule has 100 valence electrons. The maximum atomic E-state index is 12.2. The molecule has 0 aliphatic rings. The van der Waals surface area contributed by atoms with Gasteiger partial charge in [0.1, 0.15) is 6.33 Å². The molecule has 6 nitrogen and oxygen atoms in total. The van der Waals surface area contributed by atoms with Crippen LogP contribution < -0.4 is 10.6 Å². The number of likely N-dealkylation sites (N-methyl/N-ethyl adjacent to an activating group) is 1. The zero-order valence-electron chi connectivity index (χ0n) is 11.1. The van der Waals surface area contributed by atoms with Gasteiger partial charge in [-0.05, 0) is 31.6 Å². The first-order chi connectivity index (χ1) is 9.22. The van der Waals surface area contributed by atoms with Crippen LogP contribution in [0.25, 0.3) is 0 Å². The number of nitrogens with zero attached hydrogens (tertiary/aromatic N) is 3. The van der Waals surface area contributed by atoms with Gasteiger partial charge in [0, 0.05) is 12.6 Å². The lowest BCUT2D eigenvalue weighted by Gasteiger charge is -2.09. The number of amides is 1. The van der Waals surface area contributed by atoms with Crippen LogP contribution in [-0.2, 0) is 13.5 Å². The van der Waals surface area contributed by atoms with E-state index in [1.807, 2.05) is 31.3 Å². The quantitative estimate of drug-likeness (QED) is 0.834. The third kappa shape index (κ3) is 3.17. The second kappa shape index (κ2) is 6.10. The molecule has 0 saturated carbocycles. The number of anilines is 1. The SMILES string of the molecule is CNCCc1ccccc1C(=O)Nc1ncnn1C. The Kier molecular flexibility index (Phi) is 4.25. The maximum Gasteiger partial charge on any atom is 0.258 e. The third-order valence-corrected chi connectivity index (χ3v) is 2.84. The summed E-state index contributed by atoms with van der Waals surface area (Å²) < 4.78 is 1.52. The summed E-state index contributed by atoms with van der Waals surface area (Å²) in [5, 5.41) is 9.75. The fourth-order valence-electron chi connectivity index (χ4n) is 1.80. The van der Waals surface area contributed by atoms with Gasteiger partial charge in [-0.3, -0.25) is 10.1 Å². The van der Waals surface area contributed by atoms with E-state index in [1.54, 1.807) is 7.05 Å². The lowest BCUT2D eigenvalue weighted by Crippen LogP contribution is -2.19. The van der Waals surface area contributed by atoms with Gasteiger partial charge in [0.15, 0.2) is 0 Å². The maximum absolute atomic E-state index is 12.2. The summed E-state index contributed by atoms with van der Waals surface area (Å²) in [6, 6.07) is 7.57. The second-order valence-corrected chi connectivity index (χ2v) is 4.17. The predicted octanol–water partition coefficient (Wildman–Crippen LogP) is 0.829. The van der Waals surface area contributed by atoms with E-state index in [0.717, 1.165) is 18.5 Å². The Morgan fingerprint density at radius 1 is 1.37 bits per heavy atom. The first-order valence-electron chi connectivity index (χ1n) is 6.10. The van der Waals surface area contributed by atoms with Crippen LogP contribution in [0.1, 0.15) is 15.9 Å². The van der Waals surface area contributed by atoms with Crippen molar-refractivity contribution in [3.63, 3.8) is 0 Å². The van der Waals surface area contributed by atoms with Crippen LogP contribution in [0, 0.1) is 0 Å². The number of carbonyl (C=O) groups excluding carboxylic acids is 1. The molecule has 2 N–H and O–H groups in total. The highest BCUT2D eigenvalue weighted by Crippen LogP contribution is 2.11. The van der Waals surface area contributed by atoms with Crippen LogP contribution in [0.2, 0.25) is 0 Å². The van der Waals surface area contributed by atoms with Gasteiger partial charge in [-0.2, -0.15) is 10.1 Å². The molecular weight excluding hydrogens is 242 g/mol. The van der Waals surface area contributed by atoms with Crippen LogP contribution in [0.3, 0.4) is 0 Å². The van der Waals surface area contributed by atoms with Crippen molar-refractivity contribution in [2.45, 2.75) is 6.42 Å². The normalized spacial score (nSPS) is 10.4. The molecule has 1 aromatic heterocycles. The highest BCUT2D eigenvalue weighted by Gasteiger charge is 2.12. The monoisotopic (exact) mass is 259 g/mol. The lowest BCUT2D eigenvalue weighted by molar-refractivity contribution is 0.102. The van der Waals surface area contributed by atoms with Crippen LogP contribution in [0.15, 0.2) is 30.6 Å². The molecule has 6 heteroatoms. The van der Waals surface area contributed by atoms with Crippen molar-refractivity contribution in [1.82, 2.24) is 20.1 Å². The summed E-state index contributed by atoms with van der Waals surface area (Å²) in [6.07, 6.45) is 2.21. The topological polar surface area (TPSA) is 71.8 Å². The van der Waals surface area contributed by atoms with E-state index < -0.39 is 0 Å². The fourth-order valence-corrected chi connectivity index (χ4v) is 1.80. The van der Waals surface area contributed by atoms with Gasteiger partial charge in [-0.15, -0.1) is 0 Å². The molecule has 1 aromatic carbocycles. The Morgan fingerprint density at radius 3 is 2.84 bits per heavy atom. The van der Waals surface area contributed by atoms with Crippen molar-refractivity contribution in [3.05, 3.63) is 41.7 Å². The van der Waals surface area contributed by atoms with Gasteiger partial charge >= 0.3 is 0 Å². The van der Waals surface area contributed by atoms with E-state index in [9.17, 15) is 4.79 Å². The highest BCUT2D eigenvalue weighted by molar-refractivity contribution is 6.04. The highest BCUT2D eigenvalue weighted by atomic mass is 16.1. The minimum absolute atomic E-state index is 0.164. The van der Waals surface area contributed by atoms with Crippen LogP contribution in [0.5, 0.6) is 0 Å². The summed E-state index contributed by atoms with van der Waals surface area (Å²) in [5.74, 6) is 0.274. The first kappa shape index (κ1) is 13.2. The average Bonchev–Trinajstić information content (AvgIpc) is 2.82. The molecule has 0 fully saturated rings. The Morgan fingerprint density at radius 2 is 2.16 bits per heavy atom. The summed E-state index contributed by atoms with van der Waals surface area (Å²) in [7, 11) is 3.62. The van der Waals surface area contributed by atoms with Crippen LogP contribution in [0.4, 0.5) is 5.95 Å². The molecule has 19 heavy (non-hydrogen) atoms. The van der Waals surface area contributed by atoms with Crippen molar-refractivity contribution in [3.8, 4) is 0 Å². The van der Waals surface area contributed by atoms with Crippen molar-refractivity contribution in [2.24, 2.45) is 7.05 Å². The number of hydrogen-bond donors (Lipinski definition) is 2. The zero-order chi connectivity index (χ0) is 13.7. The van der Waals surface area contributed by atoms with E-state index in [1.165, 1.54) is 11.0 Å². The van der Waals surface area contributed by atoms with Crippen molar-refractivity contribution >= 4 is 11.9 Å². The Labute approximate surface area is 111 Å². The molecule has 0 aliphatic carbocycles. The number of aromatic nitrogens is 3. The minimum atomic E-state index is -0.164. The van der Waals surface area contributed by atoms with E-state index in [-0.39, 0.29) is 5.91 Å². The average molecular weight is 259 g/mol. The van der Waals surface area contributed by atoms with E-state index in [2.05, 4.69) is 20.7 Å². The molecule has 0 bridgehead atoms. The van der Waals surface area contributed by atoms with Gasteiger partial charge in [-0.1, -0.05) is 18.2 Å². The Balaban J connectivity index is 2.17. The first-order valence-corrected chi connectivity index (χ1v) is 6.10. The van der Waals surface area contributed by atoms with Crippen LogP contribution >= 0.6 is 0 Å². The van der Waals surface area contributed by atoms with Crippen LogP contribution in [-0.4, -0.2) is 34.3 Å². The van der Waals surface area contributed by atoms with Gasteiger partial charge in [0.25, 0.3) is 5.91 Å². The molecule has 1 heterocycles. The van der Waals surface area contributed by atoms with Crippen molar-refractivity contribution < 1.29 is 4.79 Å². The number of aryl methyl sites for hydroxylation is 1. The lowest BCUT2D eigenvalue weighted by atomic mass is 10.0. The smallest absolute Gasteiger partial charge is 0.258 e. The summed E-state index contributed by atoms with van der Waals surface area (Å²) in [4.78, 5) is 16.2. The molecule has 1 amide bonds. The molecule has 0 saturated heterocycles. The summed E-state index contributed by atoms with van der Waals surface area (Å²) in [6.45, 7) is 0.828. The Bertz CT molecular complexity index is 564. The van der Waals surface area contributed by atoms with Gasteiger partial charge in [-0.25, -0.2) is 4.68 Å². The standard InChI is InChI=1S/C13H17N5O/c1-14-8-7-10-5-3-4-6-11(10)12(19)17-13-15-9-16-18(13)2/h3-6,9,14H,7-8H2,1-2H3,(H,15,16,17,19). The largest absolute Gasteiger partial charge is 0.319 e. The van der Waals surface area contributed by atoms with Crippen molar-refractivity contribution in [1.29, 1.82) is 0 Å². The minimum Gasteiger partial charge on any atom is -0.319 e. The summed E-state index contributed by atoms with van der Waals surface area (Å²) >= 11 is 0. The number of nitrogens with one attached hydrogen (secondary N) is 2. The molecule has 0 aliphatic heterocycles. The number of hydrogen-bond acceptors (Lipinski definition) is 4. The van der Waals surface area contributed by atoms with Gasteiger partial charge in [0.2, 0.25) is 5.95 Å². The second-order valence-electron chi connectivity index (χ2n) is 4.17. The van der Waals surface area contributed by atoms with Gasteiger partial charge < -0.3 is 5.32 Å². The molecule has 0 atom stereocenters. The zero-order valence-corrected chi connectivity index (χ0v) is 11.1. The fraction of sp³-hybridized carbons (Fsp3) is 0.308. The van der Waals surface area contributed by atoms with E-state index >= 15 is 0 Å². The Hall–Kier alpha value is -2.21. The molecule has 0 radical (unpaired) electrons. The third-order valence-electron chi connectivity index (χ3n) is 2.84. The predicted molar refractivity (Wildman–Crippen MR) is 73.0 cm³/mol. The summed E-state index contributed by atoms with van der Waals surface area (Å²) in [5.41, 5.74) is 1.68. The molecule has 2 rings (SSSR count). The number of carbonyl (C=O) groups is 1. The molecule has 2 aromatic rings.